The molecule has 0 aromatic heterocycles. The molecule has 1 saturated carbocycles. The highest BCUT2D eigenvalue weighted by atomic mass is 16.6. The van der Waals surface area contributed by atoms with E-state index >= 15 is 0 Å². The maximum Gasteiger partial charge on any atom is 0.121 e. The predicted molar refractivity (Wildman–Crippen MR) is 53.3 cm³/mol. The van der Waals surface area contributed by atoms with Crippen LogP contribution in [0.25, 0.3) is 0 Å². The van der Waals surface area contributed by atoms with E-state index in [2.05, 4.69) is 6.58 Å². The van der Waals surface area contributed by atoms with Crippen molar-refractivity contribution >= 4 is 7.85 Å². The average molecular weight is 194 g/mol. The second kappa shape index (κ2) is 3.37. The van der Waals surface area contributed by atoms with Crippen LogP contribution in [-0.4, -0.2) is 46.4 Å². The highest BCUT2D eigenvalue weighted by molar-refractivity contribution is 6.11. The topological polar surface area (TPSA) is 27.7 Å². The molecule has 2 aliphatic rings. The number of fused-ring (bicyclic) bond motifs is 2. The Labute approximate surface area is 85.8 Å². The van der Waals surface area contributed by atoms with E-state index in [9.17, 15) is 0 Å². The Bertz CT molecular complexity index is 256. The van der Waals surface area contributed by atoms with Gasteiger partial charge in [-0.05, 0) is 0 Å². The summed E-state index contributed by atoms with van der Waals surface area (Å²) < 4.78 is 16.4. The van der Waals surface area contributed by atoms with Crippen LogP contribution in [0.15, 0.2) is 12.2 Å². The van der Waals surface area contributed by atoms with Crippen LogP contribution in [0.3, 0.4) is 0 Å². The molecule has 0 spiro atoms. The van der Waals surface area contributed by atoms with E-state index < -0.39 is 5.60 Å². The second-order valence-electron chi connectivity index (χ2n) is 4.10. The van der Waals surface area contributed by atoms with Crippen LogP contribution in [0, 0.1) is 5.92 Å². The lowest BCUT2D eigenvalue weighted by Crippen LogP contribution is -2.42. The summed E-state index contributed by atoms with van der Waals surface area (Å²) in [4.78, 5) is 0. The van der Waals surface area contributed by atoms with E-state index in [4.69, 9.17) is 22.1 Å². The third kappa shape index (κ3) is 1.18. The quantitative estimate of drug-likeness (QED) is 0.483. The van der Waals surface area contributed by atoms with Crippen LogP contribution in [0.1, 0.15) is 6.42 Å². The highest BCUT2D eigenvalue weighted by Crippen LogP contribution is 2.51. The number of ether oxygens (including phenoxy) is 3. The van der Waals surface area contributed by atoms with Gasteiger partial charge in [-0.2, -0.15) is 0 Å². The van der Waals surface area contributed by atoms with Gasteiger partial charge in [0.15, 0.2) is 0 Å². The van der Waals surface area contributed by atoms with Gasteiger partial charge in [-0.15, -0.1) is 0 Å². The minimum atomic E-state index is -0.398. The molecule has 2 rings (SSSR count). The van der Waals surface area contributed by atoms with Crippen LogP contribution in [0.5, 0.6) is 0 Å². The molecule has 1 aliphatic heterocycles. The molecule has 3 nitrogen and oxygen atoms in total. The molecular formula is C10H15BO3. The Balaban J connectivity index is 2.27. The van der Waals surface area contributed by atoms with Crippen molar-refractivity contribution in [1.29, 1.82) is 0 Å². The molecule has 1 heterocycles. The maximum absolute atomic E-state index is 5.87. The van der Waals surface area contributed by atoms with Gasteiger partial charge in [-0.25, -0.2) is 0 Å². The zero-order chi connectivity index (χ0) is 10.3. The summed E-state index contributed by atoms with van der Waals surface area (Å²) in [6, 6.07) is -0.295. The second-order valence-corrected chi connectivity index (χ2v) is 4.10. The molecule has 14 heavy (non-hydrogen) atoms. The first-order valence-corrected chi connectivity index (χ1v) is 4.77. The molecule has 0 aromatic rings. The smallest absolute Gasteiger partial charge is 0.121 e. The lowest BCUT2D eigenvalue weighted by atomic mass is 9.83. The summed E-state index contributed by atoms with van der Waals surface area (Å²) in [5.41, 5.74) is 0.720. The van der Waals surface area contributed by atoms with Crippen molar-refractivity contribution in [2.45, 2.75) is 24.1 Å². The lowest BCUT2D eigenvalue weighted by Gasteiger charge is -2.31. The summed E-state index contributed by atoms with van der Waals surface area (Å²) in [5, 5.41) is 0. The lowest BCUT2D eigenvalue weighted by molar-refractivity contribution is -0.110. The Hall–Kier alpha value is -0.315. The molecule has 76 valence electrons. The largest absolute Gasteiger partial charge is 0.382 e. The minimum absolute atomic E-state index is 0.00931. The van der Waals surface area contributed by atoms with Gasteiger partial charge in [-0.1, -0.05) is 12.2 Å². The molecule has 0 amide bonds. The van der Waals surface area contributed by atoms with Crippen molar-refractivity contribution in [3.8, 4) is 0 Å². The third-order valence-corrected chi connectivity index (χ3v) is 3.21. The van der Waals surface area contributed by atoms with E-state index in [1.54, 1.807) is 14.2 Å². The van der Waals surface area contributed by atoms with Crippen LogP contribution >= 0.6 is 0 Å². The van der Waals surface area contributed by atoms with E-state index in [0.29, 0.717) is 6.61 Å². The monoisotopic (exact) mass is 194 g/mol. The maximum atomic E-state index is 5.87. The van der Waals surface area contributed by atoms with E-state index in [1.165, 1.54) is 0 Å². The van der Waals surface area contributed by atoms with Crippen molar-refractivity contribution in [3.05, 3.63) is 12.2 Å². The fourth-order valence-corrected chi connectivity index (χ4v) is 2.77. The van der Waals surface area contributed by atoms with Crippen LogP contribution in [-0.2, 0) is 14.2 Å². The fraction of sp³-hybridized carbons (Fsp3) is 0.800. The molecule has 1 saturated heterocycles. The fourth-order valence-electron chi connectivity index (χ4n) is 2.77. The molecule has 1 unspecified atom stereocenters. The van der Waals surface area contributed by atoms with Gasteiger partial charge in [0.05, 0.1) is 12.7 Å². The standard InChI is InChI=1S/C10H15BO3/c1-6-4-10(5-12-2)8(13-3)7(6)9(11)14-10/h7-9H,1,4-5H2,2-3H3/t7?,8-,9-,10-/m1/s1. The Morgan fingerprint density at radius 1 is 1.64 bits per heavy atom. The van der Waals surface area contributed by atoms with Crippen LogP contribution in [0.4, 0.5) is 0 Å². The number of hydrogen-bond acceptors (Lipinski definition) is 3. The van der Waals surface area contributed by atoms with Crippen molar-refractivity contribution in [2.24, 2.45) is 5.92 Å². The first-order chi connectivity index (χ1) is 6.64. The normalized spacial score (nSPS) is 46.1. The first-order valence-electron chi connectivity index (χ1n) is 4.77. The van der Waals surface area contributed by atoms with Crippen molar-refractivity contribution in [3.63, 3.8) is 0 Å². The van der Waals surface area contributed by atoms with Crippen LogP contribution in [0.2, 0.25) is 0 Å². The van der Waals surface area contributed by atoms with Crippen molar-refractivity contribution in [2.75, 3.05) is 20.8 Å². The molecule has 0 N–H and O–H groups in total. The molecule has 4 atom stereocenters. The van der Waals surface area contributed by atoms with E-state index in [-0.39, 0.29) is 18.0 Å². The van der Waals surface area contributed by atoms with Gasteiger partial charge in [0.25, 0.3) is 0 Å². The minimum Gasteiger partial charge on any atom is -0.382 e. The molecule has 2 bridgehead atoms. The Morgan fingerprint density at radius 2 is 2.36 bits per heavy atom. The molecule has 2 radical (unpaired) electrons. The summed E-state index contributed by atoms with van der Waals surface area (Å²) in [5.74, 6) is 0.121. The Morgan fingerprint density at radius 3 is 2.86 bits per heavy atom. The molecular weight excluding hydrogens is 179 g/mol. The zero-order valence-electron chi connectivity index (χ0n) is 8.66. The van der Waals surface area contributed by atoms with E-state index in [0.717, 1.165) is 12.0 Å². The summed E-state index contributed by atoms with van der Waals surface area (Å²) in [6.07, 6.45) is 0.780. The Kier molecular flexibility index (Phi) is 2.45. The van der Waals surface area contributed by atoms with Crippen LogP contribution < -0.4 is 0 Å². The molecule has 2 fully saturated rings. The van der Waals surface area contributed by atoms with E-state index in [1.807, 2.05) is 0 Å². The van der Waals surface area contributed by atoms with Gasteiger partial charge in [-0.3, -0.25) is 0 Å². The predicted octanol–water partition coefficient (Wildman–Crippen LogP) is 0.487. The first kappa shape index (κ1) is 10.2. The highest BCUT2D eigenvalue weighted by Gasteiger charge is 2.60. The number of rotatable bonds is 3. The molecule has 1 aliphatic carbocycles. The van der Waals surface area contributed by atoms with Gasteiger partial charge < -0.3 is 14.2 Å². The number of methoxy groups -OCH3 is 2. The third-order valence-electron chi connectivity index (χ3n) is 3.21. The molecule has 4 heteroatoms. The SMILES string of the molecule is [B][C@@H]1O[C@@]2(COC)CC(=C)C1[C@H]2OC. The average Bonchev–Trinajstić information content (AvgIpc) is 2.51. The van der Waals surface area contributed by atoms with Crippen molar-refractivity contribution in [1.82, 2.24) is 0 Å². The summed E-state index contributed by atoms with van der Waals surface area (Å²) >= 11 is 0. The zero-order valence-corrected chi connectivity index (χ0v) is 8.66. The summed E-state index contributed by atoms with van der Waals surface area (Å²) in [7, 11) is 9.21. The van der Waals surface area contributed by atoms with Gasteiger partial charge in [0.1, 0.15) is 13.4 Å². The van der Waals surface area contributed by atoms with Crippen molar-refractivity contribution < 1.29 is 14.2 Å². The van der Waals surface area contributed by atoms with Gasteiger partial charge in [0, 0.05) is 32.6 Å². The number of hydrogen-bond donors (Lipinski definition) is 0. The molecule has 0 aromatic carbocycles. The summed E-state index contributed by atoms with van der Waals surface area (Å²) in [6.45, 7) is 4.53. The van der Waals surface area contributed by atoms with Gasteiger partial charge in [0.2, 0.25) is 0 Å². The van der Waals surface area contributed by atoms with Gasteiger partial charge >= 0.3 is 0 Å².